The van der Waals surface area contributed by atoms with Crippen LogP contribution in [0.3, 0.4) is 0 Å². The van der Waals surface area contributed by atoms with E-state index in [1.54, 1.807) is 12.1 Å². The second-order valence-electron chi connectivity index (χ2n) is 6.00. The van der Waals surface area contributed by atoms with E-state index >= 15 is 0 Å². The van der Waals surface area contributed by atoms with Crippen molar-refractivity contribution in [1.82, 2.24) is 20.4 Å². The van der Waals surface area contributed by atoms with Gasteiger partial charge in [0.1, 0.15) is 5.82 Å². The lowest BCUT2D eigenvalue weighted by Gasteiger charge is -2.17. The Kier molecular flexibility index (Phi) is 4.71. The summed E-state index contributed by atoms with van der Waals surface area (Å²) in [4.78, 5) is 14.3. The number of fused-ring (bicyclic) bond motifs is 1. The van der Waals surface area contributed by atoms with Gasteiger partial charge in [-0.25, -0.2) is 4.39 Å². The highest BCUT2D eigenvalue weighted by Crippen LogP contribution is 2.22. The number of aromatic amines is 1. The molecule has 0 saturated carbocycles. The van der Waals surface area contributed by atoms with Crippen LogP contribution >= 0.6 is 0 Å². The molecule has 3 rings (SSSR count). The summed E-state index contributed by atoms with van der Waals surface area (Å²) in [7, 11) is 1.97. The van der Waals surface area contributed by atoms with Crippen LogP contribution in [-0.4, -0.2) is 41.1 Å². The van der Waals surface area contributed by atoms with Crippen LogP contribution < -0.4 is 5.32 Å². The first kappa shape index (κ1) is 15.7. The number of carbonyl (C=O) groups excluding carboxylic acids is 1. The van der Waals surface area contributed by atoms with Crippen molar-refractivity contribution in [3.05, 3.63) is 52.6 Å². The van der Waals surface area contributed by atoms with Gasteiger partial charge in [-0.3, -0.25) is 9.89 Å². The van der Waals surface area contributed by atoms with E-state index in [9.17, 15) is 9.18 Å². The molecule has 0 unspecified atom stereocenters. The predicted molar refractivity (Wildman–Crippen MR) is 85.7 cm³/mol. The number of hydrogen-bond donors (Lipinski definition) is 2. The normalized spacial score (nSPS) is 13.3. The molecule has 1 aliphatic carbocycles. The molecule has 0 spiro atoms. The number of hydrogen-bond acceptors (Lipinski definition) is 3. The molecule has 1 amide bonds. The molecule has 5 nitrogen and oxygen atoms in total. The van der Waals surface area contributed by atoms with E-state index in [1.165, 1.54) is 12.1 Å². The molecule has 0 saturated heterocycles. The maximum Gasteiger partial charge on any atom is 0.272 e. The standard InChI is InChI=1S/C17H21FN4O/c1-22(11-12-5-7-13(18)8-6-12)10-9-19-17(23)16-14-3-2-4-15(14)20-21-16/h5-8H,2-4,9-11H2,1H3,(H,19,23)(H,20,21). The minimum Gasteiger partial charge on any atom is -0.349 e. The first-order valence-corrected chi connectivity index (χ1v) is 7.91. The van der Waals surface area contributed by atoms with Crippen LogP contribution in [0.1, 0.15) is 33.7 Å². The first-order valence-electron chi connectivity index (χ1n) is 7.91. The Bertz CT molecular complexity index is 680. The first-order chi connectivity index (χ1) is 11.1. The Labute approximate surface area is 134 Å². The molecule has 0 aliphatic heterocycles. The Hall–Kier alpha value is -2.21. The van der Waals surface area contributed by atoms with Crippen LogP contribution in [0.5, 0.6) is 0 Å². The van der Waals surface area contributed by atoms with E-state index in [4.69, 9.17) is 0 Å². The van der Waals surface area contributed by atoms with Crippen molar-refractivity contribution in [3.63, 3.8) is 0 Å². The minimum absolute atomic E-state index is 0.111. The molecule has 1 heterocycles. The molecular formula is C17H21FN4O. The number of aromatic nitrogens is 2. The lowest BCUT2D eigenvalue weighted by atomic mass is 10.2. The van der Waals surface area contributed by atoms with Crippen LogP contribution in [-0.2, 0) is 19.4 Å². The molecule has 2 aromatic rings. The number of nitrogens with zero attached hydrogens (tertiary/aromatic N) is 2. The SMILES string of the molecule is CN(CCNC(=O)c1n[nH]c2c1CCC2)Cc1ccc(F)cc1. The van der Waals surface area contributed by atoms with E-state index in [2.05, 4.69) is 20.4 Å². The second kappa shape index (κ2) is 6.91. The van der Waals surface area contributed by atoms with Crippen LogP contribution in [0.15, 0.2) is 24.3 Å². The number of rotatable bonds is 6. The molecule has 6 heteroatoms. The highest BCUT2D eigenvalue weighted by molar-refractivity contribution is 5.94. The predicted octanol–water partition coefficient (Wildman–Crippen LogP) is 1.90. The maximum absolute atomic E-state index is 12.9. The van der Waals surface area contributed by atoms with Crippen LogP contribution in [0, 0.1) is 5.82 Å². The van der Waals surface area contributed by atoms with Crippen molar-refractivity contribution in [2.45, 2.75) is 25.8 Å². The number of aryl methyl sites for hydroxylation is 1. The number of halogens is 1. The van der Waals surface area contributed by atoms with Crippen LogP contribution in [0.4, 0.5) is 4.39 Å². The Morgan fingerprint density at radius 2 is 2.13 bits per heavy atom. The average Bonchev–Trinajstić information content (AvgIpc) is 3.12. The Morgan fingerprint density at radius 3 is 2.91 bits per heavy atom. The van der Waals surface area contributed by atoms with Crippen molar-refractivity contribution >= 4 is 5.91 Å². The summed E-state index contributed by atoms with van der Waals surface area (Å²) in [6, 6.07) is 6.47. The van der Waals surface area contributed by atoms with E-state index in [0.29, 0.717) is 18.8 Å². The molecule has 0 atom stereocenters. The van der Waals surface area contributed by atoms with E-state index < -0.39 is 0 Å². The molecule has 0 fully saturated rings. The Balaban J connectivity index is 1.45. The zero-order valence-corrected chi connectivity index (χ0v) is 13.2. The number of likely N-dealkylation sites (N-methyl/N-ethyl adjacent to an activating group) is 1. The van der Waals surface area contributed by atoms with Gasteiger partial charge in [-0.15, -0.1) is 0 Å². The molecule has 23 heavy (non-hydrogen) atoms. The highest BCUT2D eigenvalue weighted by Gasteiger charge is 2.22. The average molecular weight is 316 g/mol. The number of nitrogens with one attached hydrogen (secondary N) is 2. The Morgan fingerprint density at radius 1 is 1.35 bits per heavy atom. The molecule has 1 aromatic heterocycles. The zero-order valence-electron chi connectivity index (χ0n) is 13.2. The lowest BCUT2D eigenvalue weighted by Crippen LogP contribution is -2.33. The van der Waals surface area contributed by atoms with Crippen molar-refractivity contribution in [1.29, 1.82) is 0 Å². The van der Waals surface area contributed by atoms with Crippen molar-refractivity contribution in [3.8, 4) is 0 Å². The summed E-state index contributed by atoms with van der Waals surface area (Å²) in [5, 5.41) is 9.99. The molecule has 2 N–H and O–H groups in total. The summed E-state index contributed by atoms with van der Waals surface area (Å²) in [6.45, 7) is 1.99. The quantitative estimate of drug-likeness (QED) is 0.856. The van der Waals surface area contributed by atoms with E-state index in [-0.39, 0.29) is 11.7 Å². The molecule has 122 valence electrons. The fourth-order valence-electron chi connectivity index (χ4n) is 2.93. The van der Waals surface area contributed by atoms with Crippen LogP contribution in [0.25, 0.3) is 0 Å². The van der Waals surface area contributed by atoms with Gasteiger partial charge in [-0.1, -0.05) is 12.1 Å². The van der Waals surface area contributed by atoms with Gasteiger partial charge in [-0.2, -0.15) is 5.10 Å². The fourth-order valence-corrected chi connectivity index (χ4v) is 2.93. The fraction of sp³-hybridized carbons (Fsp3) is 0.412. The minimum atomic E-state index is -0.227. The number of benzene rings is 1. The second-order valence-corrected chi connectivity index (χ2v) is 6.00. The van der Waals surface area contributed by atoms with E-state index in [0.717, 1.165) is 42.6 Å². The number of carbonyl (C=O) groups is 1. The summed E-state index contributed by atoms with van der Waals surface area (Å²) < 4.78 is 12.9. The van der Waals surface area contributed by atoms with Gasteiger partial charge in [0.05, 0.1) is 0 Å². The van der Waals surface area contributed by atoms with Crippen molar-refractivity contribution in [2.75, 3.05) is 20.1 Å². The smallest absolute Gasteiger partial charge is 0.272 e. The monoisotopic (exact) mass is 316 g/mol. The summed E-state index contributed by atoms with van der Waals surface area (Å²) >= 11 is 0. The van der Waals surface area contributed by atoms with Gasteiger partial charge in [0.25, 0.3) is 5.91 Å². The summed E-state index contributed by atoms with van der Waals surface area (Å²) in [5.74, 6) is -0.338. The maximum atomic E-state index is 12.9. The van der Waals surface area contributed by atoms with Gasteiger partial charge in [0.15, 0.2) is 5.69 Å². The molecule has 1 aromatic carbocycles. The van der Waals surface area contributed by atoms with Gasteiger partial charge in [0.2, 0.25) is 0 Å². The van der Waals surface area contributed by atoms with Gasteiger partial charge < -0.3 is 10.2 Å². The molecule has 0 radical (unpaired) electrons. The molecule has 0 bridgehead atoms. The number of H-pyrrole nitrogens is 1. The lowest BCUT2D eigenvalue weighted by molar-refractivity contribution is 0.0943. The largest absolute Gasteiger partial charge is 0.349 e. The third kappa shape index (κ3) is 3.76. The van der Waals surface area contributed by atoms with Crippen LogP contribution in [0.2, 0.25) is 0 Å². The third-order valence-electron chi connectivity index (χ3n) is 4.17. The van der Waals surface area contributed by atoms with Gasteiger partial charge >= 0.3 is 0 Å². The zero-order chi connectivity index (χ0) is 16.2. The molecule has 1 aliphatic rings. The summed E-state index contributed by atoms with van der Waals surface area (Å²) in [6.07, 6.45) is 3.00. The molecular weight excluding hydrogens is 295 g/mol. The van der Waals surface area contributed by atoms with Gasteiger partial charge in [-0.05, 0) is 44.0 Å². The highest BCUT2D eigenvalue weighted by atomic mass is 19.1. The third-order valence-corrected chi connectivity index (χ3v) is 4.17. The van der Waals surface area contributed by atoms with Gasteiger partial charge in [0, 0.05) is 30.9 Å². The van der Waals surface area contributed by atoms with Crippen molar-refractivity contribution in [2.24, 2.45) is 0 Å². The van der Waals surface area contributed by atoms with E-state index in [1.807, 2.05) is 7.05 Å². The topological polar surface area (TPSA) is 61.0 Å². The summed E-state index contributed by atoms with van der Waals surface area (Å²) in [5.41, 5.74) is 3.76. The van der Waals surface area contributed by atoms with Crippen molar-refractivity contribution < 1.29 is 9.18 Å². The number of amides is 1.